The van der Waals surface area contributed by atoms with Gasteiger partial charge < -0.3 is 0 Å². The Labute approximate surface area is 168 Å². The molecular weight excluding hydrogens is 426 g/mol. The van der Waals surface area contributed by atoms with Crippen LogP contribution < -0.4 is 5.32 Å². The quantitative estimate of drug-likeness (QED) is 0.495. The lowest BCUT2D eigenvalue weighted by Crippen LogP contribution is -2.13. The van der Waals surface area contributed by atoms with Crippen LogP contribution in [0.25, 0.3) is 16.9 Å². The summed E-state index contributed by atoms with van der Waals surface area (Å²) >= 11 is 4.85. The molecule has 1 amide bonds. The van der Waals surface area contributed by atoms with E-state index in [1.807, 2.05) is 56.5 Å². The predicted molar refractivity (Wildman–Crippen MR) is 110 cm³/mol. The number of carbonyl (C=O) groups is 1. The highest BCUT2D eigenvalue weighted by Crippen LogP contribution is 2.27. The number of rotatable bonds is 3. The highest BCUT2D eigenvalue weighted by molar-refractivity contribution is 9.10. The Hall–Kier alpha value is -2.58. The van der Waals surface area contributed by atoms with Gasteiger partial charge in [0, 0.05) is 26.8 Å². The van der Waals surface area contributed by atoms with Crippen LogP contribution in [-0.2, 0) is 0 Å². The summed E-state index contributed by atoms with van der Waals surface area (Å²) in [5.74, 6) is -0.254. The van der Waals surface area contributed by atoms with E-state index in [2.05, 4.69) is 36.3 Å². The topological polar surface area (TPSA) is 72.2 Å². The molecule has 0 atom stereocenters. The molecule has 0 spiro atoms. The number of carbonyl (C=O) groups excluding carboxylic acids is 1. The lowest BCUT2D eigenvalue weighted by atomic mass is 10.2. The Morgan fingerprint density at radius 3 is 2.78 bits per heavy atom. The van der Waals surface area contributed by atoms with Gasteiger partial charge in [0.05, 0.1) is 11.4 Å². The average molecular weight is 442 g/mol. The number of hydrogen-bond acceptors (Lipinski definition) is 5. The number of halogens is 1. The van der Waals surface area contributed by atoms with Crippen LogP contribution in [0.4, 0.5) is 5.13 Å². The molecule has 0 fully saturated rings. The third-order valence-electron chi connectivity index (χ3n) is 4.14. The van der Waals surface area contributed by atoms with E-state index < -0.39 is 0 Å². The molecule has 8 heteroatoms. The minimum Gasteiger partial charge on any atom is -0.298 e. The fourth-order valence-electron chi connectivity index (χ4n) is 2.96. The monoisotopic (exact) mass is 441 g/mol. The summed E-state index contributed by atoms with van der Waals surface area (Å²) in [5, 5.41) is 9.80. The Morgan fingerprint density at radius 1 is 1.19 bits per heavy atom. The van der Waals surface area contributed by atoms with Crippen molar-refractivity contribution in [1.29, 1.82) is 0 Å². The lowest BCUT2D eigenvalue weighted by molar-refractivity contribution is 0.102. The number of aromatic nitrogens is 4. The summed E-state index contributed by atoms with van der Waals surface area (Å²) in [5.41, 5.74) is 5.26. The molecule has 1 aromatic carbocycles. The number of amides is 1. The number of anilines is 1. The van der Waals surface area contributed by atoms with Crippen molar-refractivity contribution < 1.29 is 4.79 Å². The highest BCUT2D eigenvalue weighted by Gasteiger charge is 2.20. The van der Waals surface area contributed by atoms with Crippen LogP contribution >= 0.6 is 27.3 Å². The molecule has 3 aromatic heterocycles. The molecule has 0 unspecified atom stereocenters. The first-order valence-electron chi connectivity index (χ1n) is 8.29. The van der Waals surface area contributed by atoms with Gasteiger partial charge >= 0.3 is 0 Å². The van der Waals surface area contributed by atoms with Crippen molar-refractivity contribution in [2.45, 2.75) is 20.8 Å². The third kappa shape index (κ3) is 3.38. The Bertz CT molecular complexity index is 1180. The van der Waals surface area contributed by atoms with Gasteiger partial charge in [-0.3, -0.25) is 10.1 Å². The maximum absolute atomic E-state index is 12.9. The predicted octanol–water partition coefficient (Wildman–Crippen LogP) is 4.79. The molecule has 6 nitrogen and oxygen atoms in total. The number of nitrogens with zero attached hydrogens (tertiary/aromatic N) is 4. The van der Waals surface area contributed by atoms with E-state index in [4.69, 9.17) is 0 Å². The molecule has 0 saturated carbocycles. The maximum Gasteiger partial charge on any atom is 0.263 e. The third-order valence-corrected chi connectivity index (χ3v) is 5.39. The molecule has 4 rings (SSSR count). The second kappa shape index (κ2) is 6.86. The van der Waals surface area contributed by atoms with E-state index in [0.29, 0.717) is 22.0 Å². The van der Waals surface area contributed by atoms with E-state index in [-0.39, 0.29) is 5.91 Å². The summed E-state index contributed by atoms with van der Waals surface area (Å²) in [6.45, 7) is 5.66. The van der Waals surface area contributed by atoms with Crippen molar-refractivity contribution in [2.75, 3.05) is 5.32 Å². The van der Waals surface area contributed by atoms with E-state index in [1.54, 1.807) is 4.52 Å². The number of aryl methyl sites for hydroxylation is 3. The molecule has 1 N–H and O–H groups in total. The van der Waals surface area contributed by atoms with Crippen molar-refractivity contribution in [1.82, 2.24) is 19.6 Å². The van der Waals surface area contributed by atoms with Crippen LogP contribution in [0.3, 0.4) is 0 Å². The largest absolute Gasteiger partial charge is 0.298 e. The van der Waals surface area contributed by atoms with Gasteiger partial charge in [0.25, 0.3) is 5.91 Å². The van der Waals surface area contributed by atoms with Gasteiger partial charge in [-0.05, 0) is 39.0 Å². The van der Waals surface area contributed by atoms with Crippen LogP contribution in [0.1, 0.15) is 27.4 Å². The summed E-state index contributed by atoms with van der Waals surface area (Å²) in [4.78, 5) is 21.9. The van der Waals surface area contributed by atoms with Crippen molar-refractivity contribution in [3.63, 3.8) is 0 Å². The van der Waals surface area contributed by atoms with E-state index in [0.717, 1.165) is 27.1 Å². The zero-order chi connectivity index (χ0) is 19.1. The lowest BCUT2D eigenvalue weighted by Gasteiger charge is -2.03. The number of fused-ring (bicyclic) bond motifs is 1. The standard InChI is InChI=1S/C19H16BrN5OS/c1-10-7-11(2)25-17(21-10)16(12(3)24-25)18(26)23-19-22-15(9-27-19)13-5-4-6-14(20)8-13/h4-9H,1-3H3,(H,22,23,26). The van der Waals surface area contributed by atoms with Crippen molar-refractivity contribution in [3.8, 4) is 11.3 Å². The summed E-state index contributed by atoms with van der Waals surface area (Å²) in [7, 11) is 0. The molecule has 0 aliphatic rings. The Morgan fingerprint density at radius 2 is 2.00 bits per heavy atom. The molecule has 27 heavy (non-hydrogen) atoms. The van der Waals surface area contributed by atoms with Crippen LogP contribution in [0, 0.1) is 20.8 Å². The fourth-order valence-corrected chi connectivity index (χ4v) is 4.08. The highest BCUT2D eigenvalue weighted by atomic mass is 79.9. The molecule has 0 aliphatic carbocycles. The Kier molecular flexibility index (Phi) is 4.53. The van der Waals surface area contributed by atoms with E-state index in [1.165, 1.54) is 11.3 Å². The molecule has 0 radical (unpaired) electrons. The van der Waals surface area contributed by atoms with Crippen LogP contribution in [-0.4, -0.2) is 25.5 Å². The van der Waals surface area contributed by atoms with E-state index >= 15 is 0 Å². The number of thiazole rings is 1. The smallest absolute Gasteiger partial charge is 0.263 e. The maximum atomic E-state index is 12.9. The first-order chi connectivity index (χ1) is 12.9. The summed E-state index contributed by atoms with van der Waals surface area (Å²) in [6, 6.07) is 9.83. The van der Waals surface area contributed by atoms with Crippen molar-refractivity contribution in [2.24, 2.45) is 0 Å². The van der Waals surface area contributed by atoms with Crippen LogP contribution in [0.5, 0.6) is 0 Å². The second-order valence-corrected chi connectivity index (χ2v) is 8.01. The molecule has 4 aromatic rings. The minimum atomic E-state index is -0.254. The van der Waals surface area contributed by atoms with Crippen molar-refractivity contribution >= 4 is 44.0 Å². The first-order valence-corrected chi connectivity index (χ1v) is 9.96. The fraction of sp³-hybridized carbons (Fsp3) is 0.158. The van der Waals surface area contributed by atoms with Gasteiger partial charge in [0.2, 0.25) is 0 Å². The zero-order valence-corrected chi connectivity index (χ0v) is 17.3. The van der Waals surface area contributed by atoms with Gasteiger partial charge in [-0.2, -0.15) is 5.10 Å². The van der Waals surface area contributed by atoms with Gasteiger partial charge in [-0.15, -0.1) is 11.3 Å². The molecule has 0 saturated heterocycles. The van der Waals surface area contributed by atoms with Gasteiger partial charge in [0.15, 0.2) is 10.8 Å². The normalized spacial score (nSPS) is 11.1. The molecule has 136 valence electrons. The number of nitrogens with one attached hydrogen (secondary N) is 1. The first kappa shape index (κ1) is 17.8. The average Bonchev–Trinajstić information content (AvgIpc) is 3.19. The molecule has 3 heterocycles. The molecule has 0 bridgehead atoms. The van der Waals surface area contributed by atoms with Gasteiger partial charge in [0.1, 0.15) is 5.56 Å². The van der Waals surface area contributed by atoms with Crippen LogP contribution in [0.2, 0.25) is 0 Å². The molecular formula is C19H16BrN5OS. The Balaban J connectivity index is 1.66. The van der Waals surface area contributed by atoms with E-state index in [9.17, 15) is 4.79 Å². The van der Waals surface area contributed by atoms with Crippen molar-refractivity contribution in [3.05, 3.63) is 62.8 Å². The minimum absolute atomic E-state index is 0.254. The van der Waals surface area contributed by atoms with Crippen LogP contribution in [0.15, 0.2) is 40.2 Å². The van der Waals surface area contributed by atoms with Gasteiger partial charge in [-0.25, -0.2) is 14.5 Å². The SMILES string of the molecule is Cc1cc(C)n2nc(C)c(C(=O)Nc3nc(-c4cccc(Br)c4)cs3)c2n1. The number of hydrogen-bond donors (Lipinski definition) is 1. The molecule has 0 aliphatic heterocycles. The summed E-state index contributed by atoms with van der Waals surface area (Å²) < 4.78 is 2.68. The van der Waals surface area contributed by atoms with Gasteiger partial charge in [-0.1, -0.05) is 28.1 Å². The second-order valence-electron chi connectivity index (χ2n) is 6.24. The summed E-state index contributed by atoms with van der Waals surface area (Å²) in [6.07, 6.45) is 0. The zero-order valence-electron chi connectivity index (χ0n) is 14.9. The number of benzene rings is 1.